The van der Waals surface area contributed by atoms with Gasteiger partial charge < -0.3 is 15.7 Å². The van der Waals surface area contributed by atoms with Gasteiger partial charge in [-0.25, -0.2) is 0 Å². The molecule has 4 nitrogen and oxygen atoms in total. The fourth-order valence-corrected chi connectivity index (χ4v) is 2.80. The van der Waals surface area contributed by atoms with Gasteiger partial charge in [-0.2, -0.15) is 0 Å². The van der Waals surface area contributed by atoms with E-state index in [1.54, 1.807) is 0 Å². The first-order chi connectivity index (χ1) is 7.27. The molecule has 0 bridgehead atoms. The topological polar surface area (TPSA) is 61.4 Å². The Balaban J connectivity index is 1.84. The largest absolute Gasteiger partial charge is 0.481 e. The van der Waals surface area contributed by atoms with Gasteiger partial charge in [0.1, 0.15) is 0 Å². The molecule has 4 heteroatoms. The van der Waals surface area contributed by atoms with Gasteiger partial charge >= 0.3 is 5.97 Å². The highest BCUT2D eigenvalue weighted by molar-refractivity contribution is 5.71. The summed E-state index contributed by atoms with van der Waals surface area (Å²) >= 11 is 0. The van der Waals surface area contributed by atoms with E-state index in [-0.39, 0.29) is 12.0 Å². The van der Waals surface area contributed by atoms with Crippen molar-refractivity contribution in [1.29, 1.82) is 0 Å². The number of piperidine rings is 1. The van der Waals surface area contributed by atoms with Gasteiger partial charge in [-0.05, 0) is 51.2 Å². The summed E-state index contributed by atoms with van der Waals surface area (Å²) in [6.07, 6.45) is 4.29. The molecule has 0 aromatic carbocycles. The fraction of sp³-hybridized carbons (Fsp3) is 0.909. The van der Waals surface area contributed by atoms with E-state index in [4.69, 9.17) is 5.11 Å². The van der Waals surface area contributed by atoms with Crippen LogP contribution in [0.25, 0.3) is 0 Å². The smallest absolute Gasteiger partial charge is 0.308 e. The van der Waals surface area contributed by atoms with Crippen molar-refractivity contribution in [2.24, 2.45) is 11.8 Å². The first-order valence-electron chi connectivity index (χ1n) is 5.94. The van der Waals surface area contributed by atoms with Gasteiger partial charge in [0.15, 0.2) is 0 Å². The van der Waals surface area contributed by atoms with E-state index in [0.717, 1.165) is 32.5 Å². The highest BCUT2D eigenvalue weighted by atomic mass is 16.4. The molecule has 0 aliphatic carbocycles. The molecule has 2 aliphatic rings. The third-order valence-electron chi connectivity index (χ3n) is 3.65. The summed E-state index contributed by atoms with van der Waals surface area (Å²) in [6, 6.07) is 0.201. The summed E-state index contributed by atoms with van der Waals surface area (Å²) in [7, 11) is 0. The number of nitrogens with one attached hydrogen (secondary N) is 2. The Hall–Kier alpha value is -0.610. The number of rotatable bonds is 3. The van der Waals surface area contributed by atoms with E-state index in [1.807, 2.05) is 0 Å². The summed E-state index contributed by atoms with van der Waals surface area (Å²) in [4.78, 5) is 11.0. The molecule has 2 rings (SSSR count). The second kappa shape index (κ2) is 4.94. The SMILES string of the molecule is O=C(O)C1CCNC1CC1CCCNC1. The molecule has 0 saturated carbocycles. The van der Waals surface area contributed by atoms with Gasteiger partial charge in [-0.1, -0.05) is 0 Å². The van der Waals surface area contributed by atoms with Gasteiger partial charge in [0.25, 0.3) is 0 Å². The lowest BCUT2D eigenvalue weighted by atomic mass is 9.87. The Morgan fingerprint density at radius 3 is 2.87 bits per heavy atom. The molecule has 86 valence electrons. The van der Waals surface area contributed by atoms with E-state index in [9.17, 15) is 4.79 Å². The number of carboxylic acid groups (broad SMARTS) is 1. The molecule has 0 spiro atoms. The fourth-order valence-electron chi connectivity index (χ4n) is 2.80. The number of carbonyl (C=O) groups is 1. The van der Waals surface area contributed by atoms with Crippen LogP contribution in [0.4, 0.5) is 0 Å². The van der Waals surface area contributed by atoms with Crippen LogP contribution in [0.5, 0.6) is 0 Å². The molecular formula is C11H20N2O2. The van der Waals surface area contributed by atoms with E-state index < -0.39 is 5.97 Å². The Kier molecular flexibility index (Phi) is 3.59. The molecule has 15 heavy (non-hydrogen) atoms. The molecule has 2 aliphatic heterocycles. The lowest BCUT2D eigenvalue weighted by molar-refractivity contribution is -0.142. The molecule has 2 heterocycles. The van der Waals surface area contributed by atoms with Gasteiger partial charge in [-0.15, -0.1) is 0 Å². The van der Waals surface area contributed by atoms with Crippen LogP contribution in [0.2, 0.25) is 0 Å². The van der Waals surface area contributed by atoms with Crippen molar-refractivity contribution in [2.75, 3.05) is 19.6 Å². The third-order valence-corrected chi connectivity index (χ3v) is 3.65. The zero-order valence-electron chi connectivity index (χ0n) is 9.04. The predicted molar refractivity (Wildman–Crippen MR) is 57.7 cm³/mol. The molecule has 0 aromatic heterocycles. The highest BCUT2D eigenvalue weighted by Crippen LogP contribution is 2.24. The van der Waals surface area contributed by atoms with Crippen molar-refractivity contribution in [3.63, 3.8) is 0 Å². The quantitative estimate of drug-likeness (QED) is 0.635. The monoisotopic (exact) mass is 212 g/mol. The zero-order valence-corrected chi connectivity index (χ0v) is 9.04. The molecule has 0 radical (unpaired) electrons. The van der Waals surface area contributed by atoms with Crippen LogP contribution in [0.3, 0.4) is 0 Å². The van der Waals surface area contributed by atoms with E-state index >= 15 is 0 Å². The van der Waals surface area contributed by atoms with Crippen LogP contribution in [-0.2, 0) is 4.79 Å². The zero-order chi connectivity index (χ0) is 10.7. The Labute approximate surface area is 90.4 Å². The maximum atomic E-state index is 11.0. The lowest BCUT2D eigenvalue weighted by Gasteiger charge is -2.27. The number of hydrogen-bond donors (Lipinski definition) is 3. The number of aliphatic carboxylic acids is 1. The lowest BCUT2D eigenvalue weighted by Crippen LogP contribution is -2.38. The molecule has 0 amide bonds. The van der Waals surface area contributed by atoms with Gasteiger partial charge in [0.05, 0.1) is 5.92 Å². The standard InChI is InChI=1S/C11H20N2O2/c14-11(15)9-3-5-13-10(9)6-8-2-1-4-12-7-8/h8-10,12-13H,1-7H2,(H,14,15). The normalized spacial score (nSPS) is 36.7. The van der Waals surface area contributed by atoms with Crippen molar-refractivity contribution in [1.82, 2.24) is 10.6 Å². The van der Waals surface area contributed by atoms with Crippen molar-refractivity contribution < 1.29 is 9.90 Å². The minimum Gasteiger partial charge on any atom is -0.481 e. The minimum absolute atomic E-state index is 0.160. The first kappa shape index (κ1) is 10.9. The van der Waals surface area contributed by atoms with Crippen LogP contribution in [0, 0.1) is 11.8 Å². The second-order valence-electron chi connectivity index (χ2n) is 4.74. The van der Waals surface area contributed by atoms with Crippen molar-refractivity contribution >= 4 is 5.97 Å². The predicted octanol–water partition coefficient (Wildman–Crippen LogP) is 0.439. The summed E-state index contributed by atoms with van der Waals surface area (Å²) in [5, 5.41) is 15.8. The third kappa shape index (κ3) is 2.69. The molecule has 3 unspecified atom stereocenters. The van der Waals surface area contributed by atoms with Crippen LogP contribution < -0.4 is 10.6 Å². The van der Waals surface area contributed by atoms with Crippen LogP contribution in [0.1, 0.15) is 25.7 Å². The Bertz CT molecular complexity index is 227. The summed E-state index contributed by atoms with van der Waals surface area (Å²) in [6.45, 7) is 3.04. The molecule has 3 atom stereocenters. The van der Waals surface area contributed by atoms with E-state index in [2.05, 4.69) is 10.6 Å². The molecule has 3 N–H and O–H groups in total. The maximum absolute atomic E-state index is 11.0. The first-order valence-corrected chi connectivity index (χ1v) is 5.94. The average molecular weight is 212 g/mol. The average Bonchev–Trinajstić information content (AvgIpc) is 2.67. The summed E-state index contributed by atoms with van der Waals surface area (Å²) in [5.74, 6) is -0.128. The molecule has 2 fully saturated rings. The maximum Gasteiger partial charge on any atom is 0.308 e. The minimum atomic E-state index is -0.631. The van der Waals surface area contributed by atoms with E-state index in [0.29, 0.717) is 5.92 Å². The molecular weight excluding hydrogens is 192 g/mol. The van der Waals surface area contributed by atoms with Gasteiger partial charge in [-0.3, -0.25) is 4.79 Å². The van der Waals surface area contributed by atoms with Crippen LogP contribution >= 0.6 is 0 Å². The summed E-state index contributed by atoms with van der Waals surface area (Å²) in [5.41, 5.74) is 0. The number of carboxylic acids is 1. The molecule has 0 aromatic rings. The van der Waals surface area contributed by atoms with Crippen molar-refractivity contribution in [3.05, 3.63) is 0 Å². The van der Waals surface area contributed by atoms with Crippen molar-refractivity contribution in [3.8, 4) is 0 Å². The van der Waals surface area contributed by atoms with Gasteiger partial charge in [0.2, 0.25) is 0 Å². The molecule has 2 saturated heterocycles. The van der Waals surface area contributed by atoms with Crippen LogP contribution in [-0.4, -0.2) is 36.8 Å². The Morgan fingerprint density at radius 1 is 1.33 bits per heavy atom. The number of hydrogen-bond acceptors (Lipinski definition) is 3. The van der Waals surface area contributed by atoms with Crippen molar-refractivity contribution in [2.45, 2.75) is 31.7 Å². The summed E-state index contributed by atoms with van der Waals surface area (Å²) < 4.78 is 0. The Morgan fingerprint density at radius 2 is 2.20 bits per heavy atom. The van der Waals surface area contributed by atoms with Gasteiger partial charge in [0, 0.05) is 6.04 Å². The van der Waals surface area contributed by atoms with Crippen LogP contribution in [0.15, 0.2) is 0 Å². The second-order valence-corrected chi connectivity index (χ2v) is 4.74. The highest BCUT2D eigenvalue weighted by Gasteiger charge is 2.34. The van der Waals surface area contributed by atoms with E-state index in [1.165, 1.54) is 12.8 Å².